The summed E-state index contributed by atoms with van der Waals surface area (Å²) in [5.74, 6) is -0.250. The minimum Gasteiger partial charge on any atom is -0.512 e. The van der Waals surface area contributed by atoms with E-state index in [2.05, 4.69) is 0 Å². The van der Waals surface area contributed by atoms with Crippen LogP contribution in [0.1, 0.15) is 6.92 Å². The first-order valence-electron chi connectivity index (χ1n) is 1.71. The molecule has 2 nitrogen and oxygen atoms in total. The van der Waals surface area contributed by atoms with Gasteiger partial charge in [0.2, 0.25) is 0 Å². The summed E-state index contributed by atoms with van der Waals surface area (Å²) in [6.45, 7) is 1.26. The zero-order chi connectivity index (χ0) is 5.86. The normalized spacial score (nSPS) is 8.89. The molecule has 0 unspecified atom stereocenters. The Hall–Kier alpha value is -0.341. The monoisotopic (exact) mass is 183 g/mol. The Morgan fingerprint density at radius 1 is 1.67 bits per heavy atom. The third kappa shape index (κ3) is 18.3. The van der Waals surface area contributed by atoms with E-state index in [-0.39, 0.29) is 30.3 Å². The van der Waals surface area contributed by atoms with Crippen LogP contribution in [-0.4, -0.2) is 15.9 Å². The van der Waals surface area contributed by atoms with E-state index in [1.54, 1.807) is 0 Å². The predicted molar refractivity (Wildman–Crippen MR) is 30.9 cm³/mol. The van der Waals surface area contributed by atoms with Gasteiger partial charge in [-0.15, -0.1) is 4.39 Å². The van der Waals surface area contributed by atoms with Crippen LogP contribution < -0.4 is 0 Å². The van der Waals surface area contributed by atoms with E-state index >= 15 is 0 Å². The maximum atomic E-state index is 11.2. The third-order valence-electron chi connectivity index (χ3n) is 0.328. The van der Waals surface area contributed by atoms with Crippen LogP contribution >= 0.6 is 0 Å². The standard InChI is InChI=1S/C4H5FO2.CH3.Cu/c1-3(6)2-4(5)7;;/h2,6H,1H3;1H3;/q;-1;+1/p+1/b3-2-;;. The summed E-state index contributed by atoms with van der Waals surface area (Å²) < 4.78 is 11.2. The number of rotatable bonds is 1. The van der Waals surface area contributed by atoms with Crippen LogP contribution in [0, 0.1) is 7.43 Å². The number of aliphatic hydroxyl groups excluding tert-OH is 1. The van der Waals surface area contributed by atoms with Crippen molar-refractivity contribution in [3.8, 4) is 0 Å². The van der Waals surface area contributed by atoms with E-state index < -0.39 is 6.04 Å². The number of hydrogen-bond donors (Lipinski definition) is 1. The van der Waals surface area contributed by atoms with Crippen molar-refractivity contribution < 1.29 is 31.4 Å². The molecule has 0 saturated carbocycles. The molecular formula is C5H9CuFO2+. The molecule has 0 bridgehead atoms. The second-order valence-corrected chi connectivity index (χ2v) is 1.11. The summed E-state index contributed by atoms with van der Waals surface area (Å²) in [5.41, 5.74) is 0. The number of aliphatic hydroxyl groups is 1. The predicted octanol–water partition coefficient (Wildman–Crippen LogP) is 1.37. The number of halogens is 1. The van der Waals surface area contributed by atoms with Gasteiger partial charge < -0.3 is 12.5 Å². The average Bonchev–Trinajstić information content (AvgIpc) is 1.27. The second kappa shape index (κ2) is 7.66. The fraction of sp³-hybridized carbons (Fsp3) is 0.200. The fourth-order valence-corrected chi connectivity index (χ4v) is 0.172. The smallest absolute Gasteiger partial charge is 0.512 e. The zero-order valence-corrected chi connectivity index (χ0v) is 6.09. The first-order valence-corrected chi connectivity index (χ1v) is 1.71. The van der Waals surface area contributed by atoms with Gasteiger partial charge in [-0.05, 0) is 6.92 Å². The zero-order valence-electron chi connectivity index (χ0n) is 5.15. The molecule has 0 saturated heterocycles. The Balaban J connectivity index is -0.000000180. The Labute approximate surface area is 64.2 Å². The maximum Gasteiger partial charge on any atom is 1.00 e. The van der Waals surface area contributed by atoms with Gasteiger partial charge >= 0.3 is 23.1 Å². The average molecular weight is 184 g/mol. The Kier molecular flexibility index (Phi) is 13.5. The van der Waals surface area contributed by atoms with E-state index in [0.29, 0.717) is 6.08 Å². The minimum absolute atomic E-state index is 0. The molecule has 9 heavy (non-hydrogen) atoms. The van der Waals surface area contributed by atoms with Gasteiger partial charge in [0.1, 0.15) is 11.8 Å². The van der Waals surface area contributed by atoms with Gasteiger partial charge in [-0.3, -0.25) is 0 Å². The van der Waals surface area contributed by atoms with Gasteiger partial charge in [0, 0.05) is 0 Å². The van der Waals surface area contributed by atoms with Gasteiger partial charge in [0.05, 0.1) is 0 Å². The fourth-order valence-electron chi connectivity index (χ4n) is 0.172. The van der Waals surface area contributed by atoms with Gasteiger partial charge in [-0.1, -0.05) is 0 Å². The molecule has 2 N–H and O–H groups in total. The van der Waals surface area contributed by atoms with Crippen LogP contribution in [0.5, 0.6) is 0 Å². The first-order chi connectivity index (χ1) is 3.13. The van der Waals surface area contributed by atoms with Crippen LogP contribution in [0.2, 0.25) is 0 Å². The van der Waals surface area contributed by atoms with E-state index in [1.807, 2.05) is 0 Å². The van der Waals surface area contributed by atoms with Crippen molar-refractivity contribution in [1.82, 2.24) is 0 Å². The molecule has 0 aliphatic carbocycles. The van der Waals surface area contributed by atoms with Crippen LogP contribution in [0.15, 0.2) is 11.8 Å². The SMILES string of the molecule is C/C(O)=C/C(=[OH+])F.[CH3-].[Cu+]. The molecule has 4 heteroatoms. The Morgan fingerprint density at radius 3 is 2.00 bits per heavy atom. The molecule has 0 spiro atoms. The summed E-state index contributed by atoms with van der Waals surface area (Å²) in [5, 5.41) is 8.16. The van der Waals surface area contributed by atoms with Crippen molar-refractivity contribution in [3.05, 3.63) is 19.3 Å². The van der Waals surface area contributed by atoms with Crippen molar-refractivity contribution >= 4 is 6.04 Å². The molecule has 0 aliphatic rings. The molecule has 0 radical (unpaired) electrons. The van der Waals surface area contributed by atoms with Crippen LogP contribution in [0.3, 0.4) is 0 Å². The topological polar surface area (TPSA) is 41.6 Å². The molecule has 0 atom stereocenters. The molecule has 0 aromatic carbocycles. The van der Waals surface area contributed by atoms with Crippen LogP contribution in [0.4, 0.5) is 4.39 Å². The van der Waals surface area contributed by atoms with Gasteiger partial charge in [0.15, 0.2) is 0 Å². The summed E-state index contributed by atoms with van der Waals surface area (Å²) in [6, 6.07) is -1.37. The summed E-state index contributed by atoms with van der Waals surface area (Å²) in [6.07, 6.45) is 0.611. The molecule has 0 aliphatic heterocycles. The van der Waals surface area contributed by atoms with Crippen LogP contribution in [-0.2, 0) is 17.1 Å². The molecule has 0 aromatic rings. The molecule has 0 amide bonds. The minimum atomic E-state index is -1.37. The van der Waals surface area contributed by atoms with Crippen molar-refractivity contribution in [2.45, 2.75) is 6.92 Å². The molecule has 0 heterocycles. The van der Waals surface area contributed by atoms with E-state index in [4.69, 9.17) is 9.90 Å². The van der Waals surface area contributed by atoms with Gasteiger partial charge in [-0.25, -0.2) is 4.79 Å². The van der Waals surface area contributed by atoms with Crippen molar-refractivity contribution in [3.63, 3.8) is 0 Å². The Morgan fingerprint density at radius 2 is 2.00 bits per heavy atom. The largest absolute Gasteiger partial charge is 1.00 e. The number of hydrogen-bond acceptors (Lipinski definition) is 1. The second-order valence-electron chi connectivity index (χ2n) is 1.11. The van der Waals surface area contributed by atoms with Crippen molar-refractivity contribution in [2.75, 3.05) is 0 Å². The Bertz CT molecular complexity index is 108. The number of carbonyl (C=O) groups excluding carboxylic acids is 1. The molecule has 0 rings (SSSR count). The molecule has 0 aromatic heterocycles. The van der Waals surface area contributed by atoms with Gasteiger partial charge in [0.25, 0.3) is 0 Å². The first kappa shape index (κ1) is 15.9. The molecular weight excluding hydrogens is 175 g/mol. The summed E-state index contributed by atoms with van der Waals surface area (Å²) >= 11 is 0. The van der Waals surface area contributed by atoms with Crippen molar-refractivity contribution in [1.29, 1.82) is 0 Å². The van der Waals surface area contributed by atoms with Gasteiger partial charge in [-0.2, -0.15) is 0 Å². The quantitative estimate of drug-likeness (QED) is 0.164. The third-order valence-corrected chi connectivity index (χ3v) is 0.328. The summed E-state index contributed by atoms with van der Waals surface area (Å²) in [7, 11) is 0. The summed E-state index contributed by atoms with van der Waals surface area (Å²) in [4.78, 5) is 7.74. The van der Waals surface area contributed by atoms with E-state index in [1.165, 1.54) is 6.92 Å². The van der Waals surface area contributed by atoms with E-state index in [0.717, 1.165) is 0 Å². The van der Waals surface area contributed by atoms with E-state index in [9.17, 15) is 4.39 Å². The number of allylic oxidation sites excluding steroid dienone is 2. The van der Waals surface area contributed by atoms with Crippen molar-refractivity contribution in [2.24, 2.45) is 0 Å². The van der Waals surface area contributed by atoms with Crippen LogP contribution in [0.25, 0.3) is 0 Å². The molecule has 0 fully saturated rings. The maximum absolute atomic E-state index is 11.2. The molecule has 58 valence electrons.